The lowest BCUT2D eigenvalue weighted by atomic mass is 9.87. The Balaban J connectivity index is 2.17. The molecule has 4 N–H and O–H groups in total. The topological polar surface area (TPSA) is 98.7 Å². The third-order valence-corrected chi connectivity index (χ3v) is 3.58. The SMILES string of the molecule is O=C(NCCC1CCCCC1)NC(CCO)C(=O)O. The predicted molar refractivity (Wildman–Crippen MR) is 70.9 cm³/mol. The summed E-state index contributed by atoms with van der Waals surface area (Å²) in [5.41, 5.74) is 0. The van der Waals surface area contributed by atoms with Crippen LogP contribution in [-0.4, -0.2) is 41.4 Å². The van der Waals surface area contributed by atoms with Crippen molar-refractivity contribution >= 4 is 12.0 Å². The Bertz CT molecular complexity index is 290. The standard InChI is InChI=1S/C13H24N2O4/c16-9-7-11(12(17)18)15-13(19)14-8-6-10-4-2-1-3-5-10/h10-11,16H,1-9H2,(H,17,18)(H2,14,15,19). The second kappa shape index (κ2) is 8.74. The van der Waals surface area contributed by atoms with Crippen LogP contribution in [0.3, 0.4) is 0 Å². The molecule has 6 heteroatoms. The molecule has 1 unspecified atom stereocenters. The normalized spacial score (nSPS) is 17.7. The number of carboxylic acid groups (broad SMARTS) is 1. The number of aliphatic carboxylic acids is 1. The number of aliphatic hydroxyl groups excluding tert-OH is 1. The third-order valence-electron chi connectivity index (χ3n) is 3.58. The summed E-state index contributed by atoms with van der Waals surface area (Å²) < 4.78 is 0. The van der Waals surface area contributed by atoms with Gasteiger partial charge in [0, 0.05) is 19.6 Å². The van der Waals surface area contributed by atoms with Gasteiger partial charge >= 0.3 is 12.0 Å². The van der Waals surface area contributed by atoms with E-state index in [1.807, 2.05) is 0 Å². The van der Waals surface area contributed by atoms with E-state index < -0.39 is 18.0 Å². The van der Waals surface area contributed by atoms with Gasteiger partial charge in [0.2, 0.25) is 0 Å². The molecule has 2 amide bonds. The number of carboxylic acids is 1. The van der Waals surface area contributed by atoms with E-state index in [2.05, 4.69) is 10.6 Å². The van der Waals surface area contributed by atoms with Crippen molar-refractivity contribution in [3.63, 3.8) is 0 Å². The highest BCUT2D eigenvalue weighted by molar-refractivity contribution is 5.82. The van der Waals surface area contributed by atoms with E-state index in [4.69, 9.17) is 10.2 Å². The number of carbonyl (C=O) groups excluding carboxylic acids is 1. The lowest BCUT2D eigenvalue weighted by Gasteiger charge is -2.21. The fraction of sp³-hybridized carbons (Fsp3) is 0.846. The minimum absolute atomic E-state index is 0.0192. The van der Waals surface area contributed by atoms with Crippen LogP contribution in [0.1, 0.15) is 44.9 Å². The molecule has 0 heterocycles. The highest BCUT2D eigenvalue weighted by Crippen LogP contribution is 2.25. The van der Waals surface area contributed by atoms with Crippen LogP contribution in [0.25, 0.3) is 0 Å². The highest BCUT2D eigenvalue weighted by Gasteiger charge is 2.19. The van der Waals surface area contributed by atoms with Crippen LogP contribution in [0.2, 0.25) is 0 Å². The minimum atomic E-state index is -1.13. The van der Waals surface area contributed by atoms with Crippen LogP contribution in [0.15, 0.2) is 0 Å². The highest BCUT2D eigenvalue weighted by atomic mass is 16.4. The Morgan fingerprint density at radius 3 is 2.47 bits per heavy atom. The van der Waals surface area contributed by atoms with Gasteiger partial charge < -0.3 is 20.8 Å². The fourth-order valence-corrected chi connectivity index (χ4v) is 2.46. The first-order valence-electron chi connectivity index (χ1n) is 7.01. The van der Waals surface area contributed by atoms with Gasteiger partial charge in [-0.15, -0.1) is 0 Å². The number of carbonyl (C=O) groups is 2. The molecule has 1 aliphatic rings. The van der Waals surface area contributed by atoms with Crippen LogP contribution < -0.4 is 10.6 Å². The summed E-state index contributed by atoms with van der Waals surface area (Å²) >= 11 is 0. The Morgan fingerprint density at radius 1 is 1.21 bits per heavy atom. The summed E-state index contributed by atoms with van der Waals surface area (Å²) in [4.78, 5) is 22.3. The zero-order chi connectivity index (χ0) is 14.1. The first kappa shape index (κ1) is 15.8. The monoisotopic (exact) mass is 272 g/mol. The maximum absolute atomic E-state index is 11.5. The van der Waals surface area contributed by atoms with Gasteiger partial charge in [-0.05, 0) is 12.3 Å². The van der Waals surface area contributed by atoms with E-state index in [0.29, 0.717) is 12.5 Å². The second-order valence-electron chi connectivity index (χ2n) is 5.10. The average molecular weight is 272 g/mol. The van der Waals surface area contributed by atoms with E-state index in [1.54, 1.807) is 0 Å². The van der Waals surface area contributed by atoms with Gasteiger partial charge in [-0.3, -0.25) is 0 Å². The fourth-order valence-electron chi connectivity index (χ4n) is 2.46. The van der Waals surface area contributed by atoms with Crippen molar-refractivity contribution in [1.82, 2.24) is 10.6 Å². The molecule has 0 aromatic rings. The summed E-state index contributed by atoms with van der Waals surface area (Å²) in [6.45, 7) is 0.307. The molecule has 0 saturated heterocycles. The molecule has 0 bridgehead atoms. The summed E-state index contributed by atoms with van der Waals surface area (Å²) in [6, 6.07) is -1.50. The number of amides is 2. The van der Waals surface area contributed by atoms with E-state index in [0.717, 1.165) is 6.42 Å². The molecular formula is C13H24N2O4. The summed E-state index contributed by atoms with van der Waals surface area (Å²) in [5, 5.41) is 22.6. The van der Waals surface area contributed by atoms with Crippen molar-refractivity contribution in [2.24, 2.45) is 5.92 Å². The van der Waals surface area contributed by atoms with Crippen LogP contribution in [0.4, 0.5) is 4.79 Å². The van der Waals surface area contributed by atoms with Crippen molar-refractivity contribution in [2.45, 2.75) is 51.0 Å². The molecule has 110 valence electrons. The number of hydrogen-bond acceptors (Lipinski definition) is 3. The number of hydrogen-bond donors (Lipinski definition) is 4. The molecule has 1 aliphatic carbocycles. The first-order chi connectivity index (χ1) is 9.13. The van der Waals surface area contributed by atoms with Crippen molar-refractivity contribution in [2.75, 3.05) is 13.2 Å². The van der Waals surface area contributed by atoms with Gasteiger partial charge in [0.25, 0.3) is 0 Å². The van der Waals surface area contributed by atoms with Gasteiger partial charge in [0.1, 0.15) is 6.04 Å². The number of aliphatic hydroxyl groups is 1. The molecule has 0 aromatic carbocycles. The second-order valence-corrected chi connectivity index (χ2v) is 5.10. The van der Waals surface area contributed by atoms with Gasteiger partial charge in [-0.25, -0.2) is 9.59 Å². The lowest BCUT2D eigenvalue weighted by molar-refractivity contribution is -0.139. The number of rotatable bonds is 7. The van der Waals surface area contributed by atoms with Crippen LogP contribution in [0, 0.1) is 5.92 Å². The lowest BCUT2D eigenvalue weighted by Crippen LogP contribution is -2.46. The van der Waals surface area contributed by atoms with Gasteiger partial charge in [0.05, 0.1) is 0 Å². The van der Waals surface area contributed by atoms with Crippen molar-refractivity contribution in [1.29, 1.82) is 0 Å². The Hall–Kier alpha value is -1.30. The smallest absolute Gasteiger partial charge is 0.326 e. The minimum Gasteiger partial charge on any atom is -0.480 e. The Kier molecular flexibility index (Phi) is 7.25. The van der Waals surface area contributed by atoms with Gasteiger partial charge in [-0.1, -0.05) is 32.1 Å². The quantitative estimate of drug-likeness (QED) is 0.557. The molecule has 1 rings (SSSR count). The molecule has 19 heavy (non-hydrogen) atoms. The molecule has 1 atom stereocenters. The molecule has 0 spiro atoms. The Labute approximate surface area is 113 Å². The van der Waals surface area contributed by atoms with E-state index in [-0.39, 0.29) is 13.0 Å². The van der Waals surface area contributed by atoms with Crippen LogP contribution in [-0.2, 0) is 4.79 Å². The van der Waals surface area contributed by atoms with Gasteiger partial charge in [0.15, 0.2) is 0 Å². The summed E-state index contributed by atoms with van der Waals surface area (Å²) in [7, 11) is 0. The van der Waals surface area contributed by atoms with Crippen molar-refractivity contribution < 1.29 is 19.8 Å². The molecule has 6 nitrogen and oxygen atoms in total. The van der Waals surface area contributed by atoms with E-state index >= 15 is 0 Å². The largest absolute Gasteiger partial charge is 0.480 e. The predicted octanol–water partition coefficient (Wildman–Crippen LogP) is 1.09. The molecule has 1 saturated carbocycles. The first-order valence-corrected chi connectivity index (χ1v) is 7.01. The van der Waals surface area contributed by atoms with Crippen molar-refractivity contribution in [3.05, 3.63) is 0 Å². The number of nitrogens with one attached hydrogen (secondary N) is 2. The number of urea groups is 1. The average Bonchev–Trinajstić information content (AvgIpc) is 2.39. The zero-order valence-electron chi connectivity index (χ0n) is 11.2. The van der Waals surface area contributed by atoms with Crippen LogP contribution >= 0.6 is 0 Å². The Morgan fingerprint density at radius 2 is 1.89 bits per heavy atom. The maximum Gasteiger partial charge on any atom is 0.326 e. The third kappa shape index (κ3) is 6.42. The zero-order valence-corrected chi connectivity index (χ0v) is 11.2. The maximum atomic E-state index is 11.5. The summed E-state index contributed by atoms with van der Waals surface area (Å²) in [6.07, 6.45) is 7.28. The summed E-state index contributed by atoms with van der Waals surface area (Å²) in [5.74, 6) is -0.446. The van der Waals surface area contributed by atoms with Crippen molar-refractivity contribution in [3.8, 4) is 0 Å². The van der Waals surface area contributed by atoms with E-state index in [9.17, 15) is 9.59 Å². The molecule has 0 aliphatic heterocycles. The molecule has 0 radical (unpaired) electrons. The molecule has 1 fully saturated rings. The molecule has 0 aromatic heterocycles. The van der Waals surface area contributed by atoms with E-state index in [1.165, 1.54) is 32.1 Å². The molecular weight excluding hydrogens is 248 g/mol. The van der Waals surface area contributed by atoms with Crippen LogP contribution in [0.5, 0.6) is 0 Å². The van der Waals surface area contributed by atoms with Gasteiger partial charge in [-0.2, -0.15) is 0 Å².